The molecular weight excluding hydrogens is 356 g/mol. The van der Waals surface area contributed by atoms with Crippen LogP contribution in [-0.2, 0) is 25.6 Å². The number of nitrogens with one attached hydrogen (secondary N) is 1. The molecule has 27 heavy (non-hydrogen) atoms. The zero-order valence-corrected chi connectivity index (χ0v) is 15.7. The average molecular weight is 384 g/mol. The van der Waals surface area contributed by atoms with Gasteiger partial charge in [-0.1, -0.05) is 30.3 Å². The molecule has 0 fully saturated rings. The summed E-state index contributed by atoms with van der Waals surface area (Å²) >= 11 is 0. The summed E-state index contributed by atoms with van der Waals surface area (Å²) in [6.45, 7) is 5.59. The van der Waals surface area contributed by atoms with Crippen molar-refractivity contribution in [3.63, 3.8) is 0 Å². The molecule has 2 unspecified atom stereocenters. The lowest BCUT2D eigenvalue weighted by Crippen LogP contribution is -2.42. The zero-order valence-electron chi connectivity index (χ0n) is 15.7. The molecule has 9 nitrogen and oxygen atoms in total. The number of nitrogens with two attached hydrogens (primary N) is 1. The fourth-order valence-corrected chi connectivity index (χ4v) is 1.68. The van der Waals surface area contributed by atoms with Crippen molar-refractivity contribution in [1.82, 2.24) is 5.48 Å². The summed E-state index contributed by atoms with van der Waals surface area (Å²) in [7, 11) is 0. The van der Waals surface area contributed by atoms with E-state index in [9.17, 15) is 14.4 Å². The van der Waals surface area contributed by atoms with E-state index in [1.165, 1.54) is 0 Å². The van der Waals surface area contributed by atoms with E-state index in [-0.39, 0.29) is 12.8 Å². The Morgan fingerprint density at radius 3 is 2.04 bits per heavy atom. The van der Waals surface area contributed by atoms with E-state index in [1.54, 1.807) is 0 Å². The Bertz CT molecular complexity index is 599. The van der Waals surface area contributed by atoms with Crippen molar-refractivity contribution in [2.75, 3.05) is 0 Å². The van der Waals surface area contributed by atoms with Crippen LogP contribution in [0.4, 0.5) is 0 Å². The highest BCUT2D eigenvalue weighted by Crippen LogP contribution is 2.08. The van der Waals surface area contributed by atoms with Crippen LogP contribution in [-0.4, -0.2) is 50.9 Å². The lowest BCUT2D eigenvalue weighted by atomic mass is 10.1. The Kier molecular flexibility index (Phi) is 10.9. The maximum absolute atomic E-state index is 11.1. The van der Waals surface area contributed by atoms with Gasteiger partial charge in [0.2, 0.25) is 0 Å². The molecule has 1 rings (SSSR count). The summed E-state index contributed by atoms with van der Waals surface area (Å²) in [4.78, 5) is 36.2. The molecule has 0 radical (unpaired) electrons. The molecule has 0 aromatic heterocycles. The summed E-state index contributed by atoms with van der Waals surface area (Å²) in [6.07, 6.45) is 0.171. The highest BCUT2D eigenvalue weighted by molar-refractivity contribution is 5.74. The SMILES string of the molecule is CC(C)(C)ONC(Cc1ccccc1)C(=O)O.NC(CCC(=O)O)C(=O)O. The number of hydrogen-bond acceptors (Lipinski definition) is 6. The number of carboxylic acids is 3. The second-order valence-corrected chi connectivity index (χ2v) is 6.79. The van der Waals surface area contributed by atoms with Crippen molar-refractivity contribution < 1.29 is 34.5 Å². The van der Waals surface area contributed by atoms with Gasteiger partial charge >= 0.3 is 17.9 Å². The fraction of sp³-hybridized carbons (Fsp3) is 0.500. The highest BCUT2D eigenvalue weighted by Gasteiger charge is 2.21. The van der Waals surface area contributed by atoms with E-state index < -0.39 is 35.6 Å². The van der Waals surface area contributed by atoms with Crippen LogP contribution in [0, 0.1) is 0 Å². The molecule has 0 saturated heterocycles. The smallest absolute Gasteiger partial charge is 0.323 e. The Balaban J connectivity index is 0.000000580. The minimum absolute atomic E-state index is 0.0231. The summed E-state index contributed by atoms with van der Waals surface area (Å²) < 4.78 is 0. The van der Waals surface area contributed by atoms with Crippen LogP contribution >= 0.6 is 0 Å². The third kappa shape index (κ3) is 13.4. The predicted octanol–water partition coefficient (Wildman–Crippen LogP) is 1.27. The maximum atomic E-state index is 11.1. The summed E-state index contributed by atoms with van der Waals surface area (Å²) in [5.41, 5.74) is 8.16. The summed E-state index contributed by atoms with van der Waals surface area (Å²) in [6, 6.07) is 7.67. The fourth-order valence-electron chi connectivity index (χ4n) is 1.68. The van der Waals surface area contributed by atoms with Crippen LogP contribution in [0.5, 0.6) is 0 Å². The van der Waals surface area contributed by atoms with Crippen molar-refractivity contribution in [2.24, 2.45) is 5.73 Å². The van der Waals surface area contributed by atoms with Gasteiger partial charge in [0.1, 0.15) is 12.1 Å². The van der Waals surface area contributed by atoms with Crippen LogP contribution in [0.1, 0.15) is 39.2 Å². The van der Waals surface area contributed by atoms with E-state index in [0.717, 1.165) is 5.56 Å². The number of aliphatic carboxylic acids is 3. The van der Waals surface area contributed by atoms with E-state index >= 15 is 0 Å². The number of benzene rings is 1. The molecule has 0 bridgehead atoms. The first kappa shape index (κ1) is 24.5. The lowest BCUT2D eigenvalue weighted by molar-refractivity contribution is -0.150. The largest absolute Gasteiger partial charge is 0.481 e. The monoisotopic (exact) mass is 384 g/mol. The first-order chi connectivity index (χ1) is 12.4. The molecule has 2 atom stereocenters. The minimum Gasteiger partial charge on any atom is -0.481 e. The number of rotatable bonds is 9. The molecule has 6 N–H and O–H groups in total. The van der Waals surface area contributed by atoms with E-state index in [2.05, 4.69) is 5.48 Å². The quantitative estimate of drug-likeness (QED) is 0.395. The average Bonchev–Trinajstić information content (AvgIpc) is 2.56. The standard InChI is InChI=1S/C13H19NO3.C5H9NO4/c1-13(2,3)17-14-11(12(15)16)9-10-7-5-4-6-8-10;6-3(5(9)10)1-2-4(7)8/h4-8,11,14H,9H2,1-3H3,(H,15,16);3H,1-2,6H2,(H,7,8)(H,9,10). The molecule has 0 aliphatic heterocycles. The molecule has 1 aromatic carbocycles. The van der Waals surface area contributed by atoms with Gasteiger partial charge in [0.15, 0.2) is 0 Å². The summed E-state index contributed by atoms with van der Waals surface area (Å²) in [5, 5.41) is 25.4. The first-order valence-electron chi connectivity index (χ1n) is 8.33. The molecular formula is C18H28N2O7. The lowest BCUT2D eigenvalue weighted by Gasteiger charge is -2.23. The number of hydrogen-bond donors (Lipinski definition) is 5. The van der Waals surface area contributed by atoms with Gasteiger partial charge in [-0.2, -0.15) is 5.48 Å². The first-order valence-corrected chi connectivity index (χ1v) is 8.33. The second kappa shape index (κ2) is 12.0. The predicted molar refractivity (Wildman–Crippen MR) is 98.0 cm³/mol. The van der Waals surface area contributed by atoms with Gasteiger partial charge < -0.3 is 21.1 Å². The molecule has 0 aliphatic rings. The van der Waals surface area contributed by atoms with Gasteiger partial charge in [0.05, 0.1) is 5.60 Å². The van der Waals surface area contributed by atoms with Crippen LogP contribution < -0.4 is 11.2 Å². The van der Waals surface area contributed by atoms with Crippen molar-refractivity contribution in [3.05, 3.63) is 35.9 Å². The van der Waals surface area contributed by atoms with Crippen molar-refractivity contribution in [3.8, 4) is 0 Å². The second-order valence-electron chi connectivity index (χ2n) is 6.79. The number of carbonyl (C=O) groups is 3. The highest BCUT2D eigenvalue weighted by atomic mass is 16.7. The van der Waals surface area contributed by atoms with Crippen molar-refractivity contribution in [2.45, 2.75) is 57.7 Å². The van der Waals surface area contributed by atoms with Crippen LogP contribution in [0.2, 0.25) is 0 Å². The van der Waals surface area contributed by atoms with E-state index in [0.29, 0.717) is 6.42 Å². The Labute approximate surface area is 158 Å². The Hall–Kier alpha value is -2.49. The third-order valence-electron chi connectivity index (χ3n) is 3.07. The van der Waals surface area contributed by atoms with Gasteiger partial charge in [-0.25, -0.2) is 0 Å². The molecule has 0 heterocycles. The maximum Gasteiger partial charge on any atom is 0.323 e. The number of hydroxylamine groups is 1. The molecule has 0 amide bonds. The minimum atomic E-state index is -1.17. The van der Waals surface area contributed by atoms with Gasteiger partial charge in [-0.05, 0) is 32.8 Å². The Morgan fingerprint density at radius 2 is 1.63 bits per heavy atom. The zero-order chi connectivity index (χ0) is 21.0. The van der Waals surface area contributed by atoms with E-state index in [1.807, 2.05) is 51.1 Å². The van der Waals surface area contributed by atoms with Gasteiger partial charge in [-0.15, -0.1) is 0 Å². The molecule has 0 aliphatic carbocycles. The summed E-state index contributed by atoms with van der Waals surface area (Å²) in [5.74, 6) is -3.11. The van der Waals surface area contributed by atoms with Gasteiger partial charge in [0, 0.05) is 12.8 Å². The van der Waals surface area contributed by atoms with Gasteiger partial charge in [0.25, 0.3) is 0 Å². The van der Waals surface area contributed by atoms with Crippen molar-refractivity contribution in [1.29, 1.82) is 0 Å². The van der Waals surface area contributed by atoms with E-state index in [4.69, 9.17) is 25.9 Å². The van der Waals surface area contributed by atoms with Crippen LogP contribution in [0.3, 0.4) is 0 Å². The van der Waals surface area contributed by atoms with Crippen LogP contribution in [0.25, 0.3) is 0 Å². The molecule has 9 heteroatoms. The third-order valence-corrected chi connectivity index (χ3v) is 3.07. The topological polar surface area (TPSA) is 159 Å². The van der Waals surface area contributed by atoms with Crippen LogP contribution in [0.15, 0.2) is 30.3 Å². The molecule has 152 valence electrons. The normalized spacial score (nSPS) is 13.0. The van der Waals surface area contributed by atoms with Crippen molar-refractivity contribution >= 4 is 17.9 Å². The molecule has 0 saturated carbocycles. The molecule has 1 aromatic rings. The number of carboxylic acid groups (broad SMARTS) is 3. The van der Waals surface area contributed by atoms with Gasteiger partial charge in [-0.3, -0.25) is 19.2 Å². The Morgan fingerprint density at radius 1 is 1.07 bits per heavy atom. The molecule has 0 spiro atoms.